The van der Waals surface area contributed by atoms with E-state index in [0.717, 1.165) is 27.4 Å². The van der Waals surface area contributed by atoms with Crippen LogP contribution in [-0.4, -0.2) is 44.3 Å². The van der Waals surface area contributed by atoms with Gasteiger partial charge in [-0.3, -0.25) is 13.9 Å². The number of benzene rings is 3. The molecule has 0 aliphatic heterocycles. The number of nitrogens with zero attached hydrogens (tertiary/aromatic N) is 2. The largest absolute Gasteiger partial charge is 0.354 e. The van der Waals surface area contributed by atoms with E-state index in [4.69, 9.17) is 23.2 Å². The first kappa shape index (κ1) is 30.5. The van der Waals surface area contributed by atoms with E-state index in [-0.39, 0.29) is 33.1 Å². The minimum atomic E-state index is -4.24. The SMILES string of the molecule is CCCNC(=O)[C@@H](C)N(Cc1cccc(C)c1)C(=O)CN(c1cc(Cl)ccc1Cl)S(=O)(=O)c1ccc(C)cc1. The van der Waals surface area contributed by atoms with E-state index in [1.54, 1.807) is 19.1 Å². The Bertz CT molecular complexity index is 1430. The molecule has 10 heteroatoms. The number of carbonyl (C=O) groups is 2. The predicted molar refractivity (Wildman–Crippen MR) is 157 cm³/mol. The van der Waals surface area contributed by atoms with Crippen LogP contribution in [-0.2, 0) is 26.2 Å². The fourth-order valence-corrected chi connectivity index (χ4v) is 5.87. The molecule has 39 heavy (non-hydrogen) atoms. The van der Waals surface area contributed by atoms with E-state index < -0.39 is 28.5 Å². The van der Waals surface area contributed by atoms with Gasteiger partial charge in [-0.2, -0.15) is 0 Å². The number of carbonyl (C=O) groups excluding carboxylic acids is 2. The van der Waals surface area contributed by atoms with Crippen LogP contribution in [0.5, 0.6) is 0 Å². The van der Waals surface area contributed by atoms with Crippen molar-refractivity contribution in [2.75, 3.05) is 17.4 Å². The number of amides is 2. The molecule has 3 rings (SSSR count). The number of nitrogens with one attached hydrogen (secondary N) is 1. The van der Waals surface area contributed by atoms with E-state index in [0.29, 0.717) is 6.54 Å². The third kappa shape index (κ3) is 7.75. The standard InChI is InChI=1S/C29H33Cl2N3O4S/c1-5-15-32-29(36)22(4)33(18-23-8-6-7-21(3)16-23)28(35)19-34(27-17-24(30)11-14-26(27)31)39(37,38)25-12-9-20(2)10-13-25/h6-14,16-17,22H,5,15,18-19H2,1-4H3,(H,32,36)/t22-/m1/s1. The Balaban J connectivity index is 2.06. The summed E-state index contributed by atoms with van der Waals surface area (Å²) in [4.78, 5) is 28.2. The van der Waals surface area contributed by atoms with Gasteiger partial charge in [-0.05, 0) is 63.1 Å². The summed E-state index contributed by atoms with van der Waals surface area (Å²) in [7, 11) is -4.24. The highest BCUT2D eigenvalue weighted by molar-refractivity contribution is 7.92. The lowest BCUT2D eigenvalue weighted by Crippen LogP contribution is -2.51. The third-order valence-corrected chi connectivity index (χ3v) is 8.55. The lowest BCUT2D eigenvalue weighted by Gasteiger charge is -2.32. The molecule has 0 aliphatic carbocycles. The molecule has 1 atom stereocenters. The molecule has 1 N–H and O–H groups in total. The van der Waals surface area contributed by atoms with Crippen molar-refractivity contribution in [1.82, 2.24) is 10.2 Å². The Morgan fingerprint density at radius 1 is 0.949 bits per heavy atom. The van der Waals surface area contributed by atoms with Gasteiger partial charge in [0.1, 0.15) is 12.6 Å². The van der Waals surface area contributed by atoms with Crippen molar-refractivity contribution in [2.45, 2.75) is 51.6 Å². The number of aryl methyl sites for hydroxylation is 2. The maximum absolute atomic E-state index is 13.9. The molecule has 0 bridgehead atoms. The molecule has 0 saturated carbocycles. The van der Waals surface area contributed by atoms with E-state index in [2.05, 4.69) is 5.32 Å². The van der Waals surface area contributed by atoms with Crippen molar-refractivity contribution in [3.8, 4) is 0 Å². The van der Waals surface area contributed by atoms with Gasteiger partial charge in [0.05, 0.1) is 15.6 Å². The smallest absolute Gasteiger partial charge is 0.264 e. The number of anilines is 1. The van der Waals surface area contributed by atoms with Gasteiger partial charge >= 0.3 is 0 Å². The molecule has 0 unspecified atom stereocenters. The van der Waals surface area contributed by atoms with Gasteiger partial charge in [0.15, 0.2) is 0 Å². The Hall–Kier alpha value is -3.07. The zero-order valence-corrected chi connectivity index (χ0v) is 24.8. The molecule has 0 aliphatic rings. The fraction of sp³-hybridized carbons (Fsp3) is 0.310. The summed E-state index contributed by atoms with van der Waals surface area (Å²) >= 11 is 12.6. The predicted octanol–water partition coefficient (Wildman–Crippen LogP) is 5.75. The fourth-order valence-electron chi connectivity index (χ4n) is 4.01. The van der Waals surface area contributed by atoms with E-state index in [1.807, 2.05) is 45.0 Å². The molecule has 0 fully saturated rings. The maximum atomic E-state index is 13.9. The second kappa shape index (κ2) is 13.3. The zero-order chi connectivity index (χ0) is 28.7. The van der Waals surface area contributed by atoms with Crippen LogP contribution in [0.25, 0.3) is 0 Å². The second-order valence-corrected chi connectivity index (χ2v) is 12.1. The zero-order valence-electron chi connectivity index (χ0n) is 22.4. The summed E-state index contributed by atoms with van der Waals surface area (Å²) in [6, 6.07) is 17.5. The third-order valence-electron chi connectivity index (χ3n) is 6.22. The summed E-state index contributed by atoms with van der Waals surface area (Å²) in [6.07, 6.45) is 0.736. The minimum absolute atomic E-state index is 0.00378. The molecule has 0 radical (unpaired) electrons. The molecule has 0 aromatic heterocycles. The van der Waals surface area contributed by atoms with Crippen LogP contribution >= 0.6 is 23.2 Å². The highest BCUT2D eigenvalue weighted by Gasteiger charge is 2.33. The van der Waals surface area contributed by atoms with Gasteiger partial charge in [-0.25, -0.2) is 8.42 Å². The Morgan fingerprint density at radius 2 is 1.64 bits per heavy atom. The highest BCUT2D eigenvalue weighted by Crippen LogP contribution is 2.33. The van der Waals surface area contributed by atoms with Crippen LogP contribution in [0.1, 0.15) is 37.0 Å². The molecule has 7 nitrogen and oxygen atoms in total. The number of hydrogen-bond donors (Lipinski definition) is 1. The van der Waals surface area contributed by atoms with Crippen LogP contribution < -0.4 is 9.62 Å². The van der Waals surface area contributed by atoms with Crippen LogP contribution in [0, 0.1) is 13.8 Å². The van der Waals surface area contributed by atoms with Gasteiger partial charge in [0.25, 0.3) is 10.0 Å². The highest BCUT2D eigenvalue weighted by atomic mass is 35.5. The first-order valence-corrected chi connectivity index (χ1v) is 14.8. The topological polar surface area (TPSA) is 86.8 Å². The molecule has 0 saturated heterocycles. The summed E-state index contributed by atoms with van der Waals surface area (Å²) in [5, 5.41) is 3.20. The Kier molecular flexibility index (Phi) is 10.4. The van der Waals surface area contributed by atoms with Crippen LogP contribution in [0.3, 0.4) is 0 Å². The number of sulfonamides is 1. The Morgan fingerprint density at radius 3 is 2.28 bits per heavy atom. The molecular weight excluding hydrogens is 557 g/mol. The molecule has 3 aromatic carbocycles. The van der Waals surface area contributed by atoms with Crippen LogP contribution in [0.15, 0.2) is 71.6 Å². The van der Waals surface area contributed by atoms with Gasteiger partial charge in [-0.1, -0.05) is 77.7 Å². The molecule has 0 spiro atoms. The quantitative estimate of drug-likeness (QED) is 0.308. The average Bonchev–Trinajstić information content (AvgIpc) is 2.90. The van der Waals surface area contributed by atoms with Crippen molar-refractivity contribution in [2.24, 2.45) is 0 Å². The molecule has 3 aromatic rings. The Labute approximate surface area is 240 Å². The maximum Gasteiger partial charge on any atom is 0.264 e. The van der Waals surface area contributed by atoms with Crippen molar-refractivity contribution in [3.63, 3.8) is 0 Å². The lowest BCUT2D eigenvalue weighted by molar-refractivity contribution is -0.139. The van der Waals surface area contributed by atoms with Crippen LogP contribution in [0.4, 0.5) is 5.69 Å². The number of hydrogen-bond acceptors (Lipinski definition) is 4. The van der Waals surface area contributed by atoms with Crippen molar-refractivity contribution in [3.05, 3.63) is 93.5 Å². The first-order valence-electron chi connectivity index (χ1n) is 12.6. The van der Waals surface area contributed by atoms with E-state index >= 15 is 0 Å². The van der Waals surface area contributed by atoms with Crippen molar-refractivity contribution >= 4 is 50.7 Å². The second-order valence-electron chi connectivity index (χ2n) is 9.40. The molecule has 2 amide bonds. The number of halogens is 2. The lowest BCUT2D eigenvalue weighted by atomic mass is 10.1. The van der Waals surface area contributed by atoms with E-state index in [9.17, 15) is 18.0 Å². The summed E-state index contributed by atoms with van der Waals surface area (Å²) < 4.78 is 28.7. The van der Waals surface area contributed by atoms with Crippen LogP contribution in [0.2, 0.25) is 10.0 Å². The van der Waals surface area contributed by atoms with Gasteiger partial charge < -0.3 is 10.2 Å². The van der Waals surface area contributed by atoms with E-state index in [1.165, 1.54) is 35.2 Å². The normalized spacial score (nSPS) is 12.1. The minimum Gasteiger partial charge on any atom is -0.354 e. The van der Waals surface area contributed by atoms with Gasteiger partial charge in [0, 0.05) is 18.1 Å². The summed E-state index contributed by atoms with van der Waals surface area (Å²) in [5.74, 6) is -0.894. The van der Waals surface area contributed by atoms with Crippen molar-refractivity contribution < 1.29 is 18.0 Å². The monoisotopic (exact) mass is 589 g/mol. The molecule has 0 heterocycles. The summed E-state index contributed by atoms with van der Waals surface area (Å²) in [5.41, 5.74) is 2.76. The van der Waals surface area contributed by atoms with Gasteiger partial charge in [-0.15, -0.1) is 0 Å². The molecule has 208 valence electrons. The molecular formula is C29H33Cl2N3O4S. The average molecular weight is 591 g/mol. The van der Waals surface area contributed by atoms with Crippen molar-refractivity contribution in [1.29, 1.82) is 0 Å². The first-order chi connectivity index (χ1) is 18.4. The van der Waals surface area contributed by atoms with Gasteiger partial charge in [0.2, 0.25) is 11.8 Å². The number of rotatable bonds is 11. The summed E-state index contributed by atoms with van der Waals surface area (Å²) in [6.45, 7) is 7.33.